The first-order chi connectivity index (χ1) is 7.65. The molecule has 1 N–H and O–H groups in total. The molecular formula is C12H20FN3. The van der Waals surface area contributed by atoms with Crippen LogP contribution in [0, 0.1) is 5.82 Å². The Bertz CT molecular complexity index is 315. The lowest BCUT2D eigenvalue weighted by Crippen LogP contribution is -2.35. The van der Waals surface area contributed by atoms with Gasteiger partial charge in [0.05, 0.1) is 0 Å². The summed E-state index contributed by atoms with van der Waals surface area (Å²) >= 11 is 0. The smallest absolute Gasteiger partial charge is 0.165 e. The number of rotatable bonds is 6. The molecule has 0 fully saturated rings. The van der Waals surface area contributed by atoms with Crippen LogP contribution in [0.3, 0.4) is 0 Å². The van der Waals surface area contributed by atoms with E-state index in [1.807, 2.05) is 11.8 Å². The zero-order valence-corrected chi connectivity index (χ0v) is 10.2. The van der Waals surface area contributed by atoms with Gasteiger partial charge in [-0.05, 0) is 19.1 Å². The van der Waals surface area contributed by atoms with Gasteiger partial charge in [-0.3, -0.25) is 0 Å². The maximum atomic E-state index is 13.5. The third-order valence-corrected chi connectivity index (χ3v) is 2.35. The highest BCUT2D eigenvalue weighted by atomic mass is 19.1. The summed E-state index contributed by atoms with van der Waals surface area (Å²) in [6.07, 6.45) is 1.62. The van der Waals surface area contributed by atoms with Gasteiger partial charge >= 0.3 is 0 Å². The van der Waals surface area contributed by atoms with Crippen LogP contribution in [0.4, 0.5) is 10.2 Å². The van der Waals surface area contributed by atoms with Crippen molar-refractivity contribution in [2.45, 2.75) is 26.8 Å². The number of halogens is 1. The molecule has 0 spiro atoms. The number of nitrogens with one attached hydrogen (secondary N) is 1. The maximum absolute atomic E-state index is 13.5. The van der Waals surface area contributed by atoms with E-state index < -0.39 is 0 Å². The Hall–Kier alpha value is -1.16. The molecule has 0 bridgehead atoms. The Morgan fingerprint density at radius 1 is 1.50 bits per heavy atom. The second kappa shape index (κ2) is 6.43. The molecule has 1 heterocycles. The van der Waals surface area contributed by atoms with Gasteiger partial charge in [0, 0.05) is 31.9 Å². The number of pyridine rings is 1. The first-order valence-electron chi connectivity index (χ1n) is 5.74. The van der Waals surface area contributed by atoms with Crippen molar-refractivity contribution in [3.63, 3.8) is 0 Å². The molecule has 4 heteroatoms. The summed E-state index contributed by atoms with van der Waals surface area (Å²) in [5.74, 6) is 0.185. The van der Waals surface area contributed by atoms with Crippen LogP contribution in [0.1, 0.15) is 20.8 Å². The van der Waals surface area contributed by atoms with Crippen molar-refractivity contribution >= 4 is 5.82 Å². The van der Waals surface area contributed by atoms with Crippen molar-refractivity contribution in [1.29, 1.82) is 0 Å². The molecule has 0 radical (unpaired) electrons. The van der Waals surface area contributed by atoms with Crippen molar-refractivity contribution in [1.82, 2.24) is 10.3 Å². The molecule has 1 rings (SSSR count). The summed E-state index contributed by atoms with van der Waals surface area (Å²) < 4.78 is 13.5. The Kier molecular flexibility index (Phi) is 5.19. The second-order valence-corrected chi connectivity index (χ2v) is 4.00. The molecule has 0 aliphatic rings. The highest BCUT2D eigenvalue weighted by molar-refractivity contribution is 5.39. The van der Waals surface area contributed by atoms with E-state index in [0.717, 1.165) is 19.6 Å². The normalized spacial score (nSPS) is 10.8. The molecule has 0 saturated carbocycles. The fraction of sp³-hybridized carbons (Fsp3) is 0.583. The van der Waals surface area contributed by atoms with Crippen LogP contribution >= 0.6 is 0 Å². The molecule has 90 valence electrons. The topological polar surface area (TPSA) is 28.2 Å². The maximum Gasteiger partial charge on any atom is 0.165 e. The number of nitrogens with zero attached hydrogens (tertiary/aromatic N) is 2. The number of hydrogen-bond acceptors (Lipinski definition) is 3. The Morgan fingerprint density at radius 3 is 2.81 bits per heavy atom. The first kappa shape index (κ1) is 12.9. The molecule has 0 unspecified atom stereocenters. The predicted molar refractivity (Wildman–Crippen MR) is 65.2 cm³/mol. The number of anilines is 1. The minimum absolute atomic E-state index is 0.256. The van der Waals surface area contributed by atoms with Crippen LogP contribution in [0.5, 0.6) is 0 Å². The number of aromatic nitrogens is 1. The molecular weight excluding hydrogens is 205 g/mol. The van der Waals surface area contributed by atoms with Crippen LogP contribution in [0.25, 0.3) is 0 Å². The van der Waals surface area contributed by atoms with Gasteiger partial charge in [-0.25, -0.2) is 9.37 Å². The molecule has 1 aromatic heterocycles. The Morgan fingerprint density at radius 2 is 2.25 bits per heavy atom. The molecule has 0 amide bonds. The molecule has 0 aliphatic carbocycles. The Balaban J connectivity index is 2.57. The zero-order valence-electron chi connectivity index (χ0n) is 10.2. The molecule has 0 aromatic carbocycles. The van der Waals surface area contributed by atoms with Gasteiger partial charge < -0.3 is 10.2 Å². The van der Waals surface area contributed by atoms with E-state index in [9.17, 15) is 4.39 Å². The highest BCUT2D eigenvalue weighted by Gasteiger charge is 2.10. The third kappa shape index (κ3) is 3.77. The zero-order chi connectivity index (χ0) is 12.0. The molecule has 1 aromatic rings. The summed E-state index contributed by atoms with van der Waals surface area (Å²) in [4.78, 5) is 6.01. The summed E-state index contributed by atoms with van der Waals surface area (Å²) in [6, 6.07) is 3.51. The standard InChI is InChI=1S/C12H20FN3/c1-4-16(9-8-14-10(2)3)12-11(13)6-5-7-15-12/h5-7,10,14H,4,8-9H2,1-3H3. The highest BCUT2D eigenvalue weighted by Crippen LogP contribution is 2.13. The van der Waals surface area contributed by atoms with Crippen molar-refractivity contribution < 1.29 is 4.39 Å². The van der Waals surface area contributed by atoms with E-state index >= 15 is 0 Å². The monoisotopic (exact) mass is 225 g/mol. The number of hydrogen-bond donors (Lipinski definition) is 1. The SMILES string of the molecule is CCN(CCNC(C)C)c1ncccc1F. The Labute approximate surface area is 96.7 Å². The third-order valence-electron chi connectivity index (χ3n) is 2.35. The summed E-state index contributed by atoms with van der Waals surface area (Å²) in [6.45, 7) is 8.55. The largest absolute Gasteiger partial charge is 0.353 e. The molecule has 16 heavy (non-hydrogen) atoms. The van der Waals surface area contributed by atoms with Crippen molar-refractivity contribution in [2.75, 3.05) is 24.5 Å². The predicted octanol–water partition coefficient (Wildman–Crippen LogP) is 2.04. The average Bonchev–Trinajstić information content (AvgIpc) is 2.25. The number of likely N-dealkylation sites (N-methyl/N-ethyl adjacent to an activating group) is 1. The summed E-state index contributed by atoms with van der Waals surface area (Å²) in [5.41, 5.74) is 0. The average molecular weight is 225 g/mol. The van der Waals surface area contributed by atoms with E-state index in [1.165, 1.54) is 6.07 Å². The van der Waals surface area contributed by atoms with Gasteiger partial charge in [-0.15, -0.1) is 0 Å². The van der Waals surface area contributed by atoms with Crippen LogP contribution in [-0.4, -0.2) is 30.7 Å². The molecule has 0 aliphatic heterocycles. The van der Waals surface area contributed by atoms with Gasteiger partial charge in [-0.2, -0.15) is 0 Å². The second-order valence-electron chi connectivity index (χ2n) is 4.00. The van der Waals surface area contributed by atoms with Crippen LogP contribution in [-0.2, 0) is 0 Å². The van der Waals surface area contributed by atoms with Crippen molar-refractivity contribution in [2.24, 2.45) is 0 Å². The molecule has 3 nitrogen and oxygen atoms in total. The van der Waals surface area contributed by atoms with E-state index in [2.05, 4.69) is 24.1 Å². The first-order valence-corrected chi connectivity index (χ1v) is 5.74. The van der Waals surface area contributed by atoms with Gasteiger partial charge in [-0.1, -0.05) is 13.8 Å². The van der Waals surface area contributed by atoms with Crippen molar-refractivity contribution in [3.05, 3.63) is 24.1 Å². The molecule has 0 atom stereocenters. The summed E-state index contributed by atoms with van der Waals surface area (Å²) in [7, 11) is 0. The van der Waals surface area contributed by atoms with Gasteiger partial charge in [0.1, 0.15) is 0 Å². The quantitative estimate of drug-likeness (QED) is 0.803. The van der Waals surface area contributed by atoms with E-state index in [4.69, 9.17) is 0 Å². The van der Waals surface area contributed by atoms with Gasteiger partial charge in [0.2, 0.25) is 0 Å². The minimum atomic E-state index is -0.256. The lowest BCUT2D eigenvalue weighted by atomic mass is 10.3. The van der Waals surface area contributed by atoms with E-state index in [-0.39, 0.29) is 5.82 Å². The van der Waals surface area contributed by atoms with Crippen LogP contribution < -0.4 is 10.2 Å². The summed E-state index contributed by atoms with van der Waals surface area (Å²) in [5, 5.41) is 3.31. The van der Waals surface area contributed by atoms with E-state index in [0.29, 0.717) is 11.9 Å². The minimum Gasteiger partial charge on any atom is -0.353 e. The fourth-order valence-electron chi connectivity index (χ4n) is 1.51. The lowest BCUT2D eigenvalue weighted by Gasteiger charge is -2.23. The lowest BCUT2D eigenvalue weighted by molar-refractivity contribution is 0.570. The van der Waals surface area contributed by atoms with Crippen LogP contribution in [0.15, 0.2) is 18.3 Å². The van der Waals surface area contributed by atoms with Crippen molar-refractivity contribution in [3.8, 4) is 0 Å². The van der Waals surface area contributed by atoms with E-state index in [1.54, 1.807) is 12.3 Å². The van der Waals surface area contributed by atoms with Gasteiger partial charge in [0.25, 0.3) is 0 Å². The van der Waals surface area contributed by atoms with Crippen LogP contribution in [0.2, 0.25) is 0 Å². The van der Waals surface area contributed by atoms with Gasteiger partial charge in [0.15, 0.2) is 11.6 Å². The molecule has 0 saturated heterocycles. The fourth-order valence-corrected chi connectivity index (χ4v) is 1.51.